The third kappa shape index (κ3) is 5.79. The number of hydrogen-bond donors (Lipinski definition) is 2. The average Bonchev–Trinajstić information content (AvgIpc) is 3.19. The molecule has 0 spiro atoms. The van der Waals surface area contributed by atoms with Crippen LogP contribution < -0.4 is 15.0 Å². The number of hydrogen-bond acceptors (Lipinski definition) is 6. The predicted octanol–water partition coefficient (Wildman–Crippen LogP) is 3.45. The summed E-state index contributed by atoms with van der Waals surface area (Å²) in [5, 5.41) is 8.15. The summed E-state index contributed by atoms with van der Waals surface area (Å²) in [5.74, 6) is -0.0682. The first-order chi connectivity index (χ1) is 15.9. The minimum atomic E-state index is -3.66. The summed E-state index contributed by atoms with van der Waals surface area (Å²) in [6.45, 7) is 0. The maximum Gasteiger partial charge on any atom is 0.261 e. The Morgan fingerprint density at radius 2 is 1.58 bits per heavy atom. The Hall–Kier alpha value is -3.63. The number of rotatable bonds is 7. The molecule has 1 aliphatic rings. The molecule has 33 heavy (non-hydrogen) atoms. The molecular weight excluding hydrogens is 460 g/mol. The van der Waals surface area contributed by atoms with Crippen LogP contribution in [0.5, 0.6) is 0 Å². The fourth-order valence-corrected chi connectivity index (χ4v) is 4.83. The van der Waals surface area contributed by atoms with Gasteiger partial charge in [-0.05, 0) is 48.5 Å². The summed E-state index contributed by atoms with van der Waals surface area (Å²) in [5.41, 5.74) is 1.07. The van der Waals surface area contributed by atoms with Crippen LogP contribution in [0.1, 0.15) is 6.42 Å². The summed E-state index contributed by atoms with van der Waals surface area (Å²) >= 11 is 1.29. The van der Waals surface area contributed by atoms with Crippen molar-refractivity contribution in [3.63, 3.8) is 0 Å². The molecule has 10 heteroatoms. The predicted molar refractivity (Wildman–Crippen MR) is 129 cm³/mol. The number of nitrogens with one attached hydrogen (secondary N) is 2. The van der Waals surface area contributed by atoms with Gasteiger partial charge in [-0.25, -0.2) is 8.42 Å². The molecule has 0 aromatic heterocycles. The molecule has 168 valence electrons. The highest BCUT2D eigenvalue weighted by Gasteiger charge is 2.26. The van der Waals surface area contributed by atoms with Crippen LogP contribution in [0.4, 0.5) is 11.4 Å². The van der Waals surface area contributed by atoms with E-state index in [1.807, 2.05) is 18.2 Å². The van der Waals surface area contributed by atoms with E-state index in [9.17, 15) is 18.0 Å². The lowest BCUT2D eigenvalue weighted by atomic mass is 10.3. The minimum Gasteiger partial charge on any atom is -0.312 e. The first-order valence-corrected chi connectivity index (χ1v) is 12.4. The lowest BCUT2D eigenvalue weighted by molar-refractivity contribution is -0.117. The number of thioether (sulfide) groups is 1. The van der Waals surface area contributed by atoms with Gasteiger partial charge in [-0.1, -0.05) is 36.4 Å². The zero-order valence-corrected chi connectivity index (χ0v) is 19.0. The molecule has 0 saturated heterocycles. The van der Waals surface area contributed by atoms with Crippen molar-refractivity contribution in [1.29, 1.82) is 0 Å². The molecule has 0 aliphatic carbocycles. The quantitative estimate of drug-likeness (QED) is 0.504. The smallest absolute Gasteiger partial charge is 0.261 e. The van der Waals surface area contributed by atoms with E-state index < -0.39 is 10.0 Å². The summed E-state index contributed by atoms with van der Waals surface area (Å²) in [6.07, 6.45) is 0.0293. The van der Waals surface area contributed by atoms with Gasteiger partial charge in [0.1, 0.15) is 5.84 Å². The second-order valence-corrected chi connectivity index (χ2v) is 9.78. The highest BCUT2D eigenvalue weighted by molar-refractivity contribution is 8.00. The third-order valence-corrected chi connectivity index (χ3v) is 7.00. The molecule has 1 heterocycles. The highest BCUT2D eigenvalue weighted by atomic mass is 32.2. The minimum absolute atomic E-state index is 0.0293. The first kappa shape index (κ1) is 22.6. The molecule has 2 N–H and O–H groups in total. The molecule has 3 aromatic carbocycles. The van der Waals surface area contributed by atoms with E-state index >= 15 is 0 Å². The van der Waals surface area contributed by atoms with Crippen molar-refractivity contribution in [2.24, 2.45) is 5.10 Å². The number of hydrazone groups is 1. The molecule has 0 fully saturated rings. The SMILES string of the molecule is O=C(CSc1ccc(NS(=O)(=O)c2ccccc2)cc1)NC1=NN(c2ccccc2)C(=O)C1. The normalized spacial score (nSPS) is 13.5. The van der Waals surface area contributed by atoms with Crippen LogP contribution in [0.15, 0.2) is 99.8 Å². The van der Waals surface area contributed by atoms with Crippen LogP contribution in [-0.4, -0.2) is 31.8 Å². The lowest BCUT2D eigenvalue weighted by Gasteiger charge is -2.10. The molecule has 8 nitrogen and oxygen atoms in total. The van der Waals surface area contributed by atoms with Gasteiger partial charge in [-0.3, -0.25) is 14.3 Å². The molecular formula is C23H20N4O4S2. The molecule has 1 aliphatic heterocycles. The zero-order valence-electron chi connectivity index (χ0n) is 17.3. The van der Waals surface area contributed by atoms with Crippen LogP contribution in [0.3, 0.4) is 0 Å². The molecule has 0 saturated carbocycles. The maximum atomic E-state index is 12.4. The molecule has 0 bridgehead atoms. The summed E-state index contributed by atoms with van der Waals surface area (Å²) in [4.78, 5) is 25.4. The van der Waals surface area contributed by atoms with Crippen molar-refractivity contribution in [2.45, 2.75) is 16.2 Å². The van der Waals surface area contributed by atoms with Gasteiger partial charge in [0.05, 0.1) is 22.8 Å². The van der Waals surface area contributed by atoms with Crippen molar-refractivity contribution in [3.05, 3.63) is 84.9 Å². The fraction of sp³-hybridized carbons (Fsp3) is 0.0870. The van der Waals surface area contributed by atoms with Gasteiger partial charge < -0.3 is 5.32 Å². The maximum absolute atomic E-state index is 12.4. The van der Waals surface area contributed by atoms with Crippen LogP contribution >= 0.6 is 11.8 Å². The van der Waals surface area contributed by atoms with Crippen molar-refractivity contribution in [1.82, 2.24) is 5.32 Å². The van der Waals surface area contributed by atoms with Gasteiger partial charge in [0.25, 0.3) is 15.9 Å². The van der Waals surface area contributed by atoms with Crippen molar-refractivity contribution < 1.29 is 18.0 Å². The van der Waals surface area contributed by atoms with E-state index in [-0.39, 0.29) is 28.9 Å². The van der Waals surface area contributed by atoms with Gasteiger partial charge in [0, 0.05) is 10.6 Å². The number of carbonyl (C=O) groups is 2. The Labute approximate surface area is 195 Å². The Bertz CT molecular complexity index is 1280. The fourth-order valence-electron chi connectivity index (χ4n) is 3.05. The third-order valence-electron chi connectivity index (χ3n) is 4.59. The van der Waals surface area contributed by atoms with Crippen molar-refractivity contribution in [3.8, 4) is 0 Å². The van der Waals surface area contributed by atoms with Gasteiger partial charge in [0.2, 0.25) is 5.91 Å². The van der Waals surface area contributed by atoms with E-state index in [1.54, 1.807) is 54.6 Å². The van der Waals surface area contributed by atoms with E-state index in [4.69, 9.17) is 0 Å². The standard InChI is InChI=1S/C23H20N4O4S2/c28-22(24-21-15-23(29)27(25-21)18-7-3-1-4-8-18)16-32-19-13-11-17(12-14-19)26-33(30,31)20-9-5-2-6-10-20/h1-14,26H,15-16H2,(H,24,25,28). The molecule has 2 amide bonds. The second kappa shape index (κ2) is 9.88. The lowest BCUT2D eigenvalue weighted by Crippen LogP contribution is -2.31. The Morgan fingerprint density at radius 3 is 2.24 bits per heavy atom. The molecule has 3 aromatic rings. The largest absolute Gasteiger partial charge is 0.312 e. The Kier molecular flexibility index (Phi) is 6.76. The summed E-state index contributed by atoms with van der Waals surface area (Å²) in [6, 6.07) is 23.8. The van der Waals surface area contributed by atoms with Gasteiger partial charge in [0.15, 0.2) is 0 Å². The van der Waals surface area contributed by atoms with Gasteiger partial charge >= 0.3 is 0 Å². The van der Waals surface area contributed by atoms with Crippen LogP contribution in [0, 0.1) is 0 Å². The molecule has 0 radical (unpaired) electrons. The van der Waals surface area contributed by atoms with E-state index in [0.29, 0.717) is 17.2 Å². The summed E-state index contributed by atoms with van der Waals surface area (Å²) < 4.78 is 27.3. The number of anilines is 2. The number of para-hydroxylation sites is 1. The highest BCUT2D eigenvalue weighted by Crippen LogP contribution is 2.23. The number of carbonyl (C=O) groups excluding carboxylic acids is 2. The summed E-state index contributed by atoms with van der Waals surface area (Å²) in [7, 11) is -3.66. The van der Waals surface area contributed by atoms with Gasteiger partial charge in [-0.15, -0.1) is 11.8 Å². The Morgan fingerprint density at radius 1 is 0.939 bits per heavy atom. The second-order valence-electron chi connectivity index (χ2n) is 7.04. The first-order valence-electron chi connectivity index (χ1n) is 9.97. The zero-order chi connectivity index (χ0) is 23.3. The number of sulfonamides is 1. The van der Waals surface area contributed by atoms with E-state index in [1.165, 1.54) is 28.9 Å². The number of amidine groups is 1. The monoisotopic (exact) mass is 480 g/mol. The van der Waals surface area contributed by atoms with Gasteiger partial charge in [-0.2, -0.15) is 10.1 Å². The number of benzene rings is 3. The van der Waals surface area contributed by atoms with Crippen LogP contribution in [0.25, 0.3) is 0 Å². The Balaban J connectivity index is 1.30. The topological polar surface area (TPSA) is 108 Å². The van der Waals surface area contributed by atoms with Crippen molar-refractivity contribution in [2.75, 3.05) is 15.5 Å². The number of amides is 2. The average molecular weight is 481 g/mol. The van der Waals surface area contributed by atoms with E-state index in [2.05, 4.69) is 15.1 Å². The van der Waals surface area contributed by atoms with Crippen molar-refractivity contribution >= 4 is 50.8 Å². The molecule has 4 rings (SSSR count). The van der Waals surface area contributed by atoms with Crippen LogP contribution in [-0.2, 0) is 19.6 Å². The number of nitrogens with zero attached hydrogens (tertiary/aromatic N) is 2. The molecule has 0 atom stereocenters. The van der Waals surface area contributed by atoms with Crippen LogP contribution in [0.2, 0.25) is 0 Å². The molecule has 0 unspecified atom stereocenters. The van der Waals surface area contributed by atoms with E-state index in [0.717, 1.165) is 4.90 Å².